The van der Waals surface area contributed by atoms with Crippen LogP contribution in [-0.4, -0.2) is 51.0 Å². The molecule has 31 heavy (non-hydrogen) atoms. The summed E-state index contributed by atoms with van der Waals surface area (Å²) in [4.78, 5) is 24.2. The van der Waals surface area contributed by atoms with Gasteiger partial charge in [-0.1, -0.05) is 36.4 Å². The standard InChI is InChI=1S/C21H26N4O5S/c1-15-7-8-17(13-19(15)31(28,29)25-9-11-30-12-10-25)23-20(26)14-18(24-21(22)27)16-5-3-2-4-6-16/h2-8,13,18H,9-12,14H2,1H3,(H,23,26)(H3,22,24,27). The van der Waals surface area contributed by atoms with Crippen molar-refractivity contribution in [3.05, 3.63) is 59.7 Å². The maximum atomic E-state index is 13.0. The molecule has 1 fully saturated rings. The van der Waals surface area contributed by atoms with Gasteiger partial charge < -0.3 is 21.1 Å². The highest BCUT2D eigenvalue weighted by Crippen LogP contribution is 2.25. The minimum absolute atomic E-state index is 0.0631. The first-order valence-corrected chi connectivity index (χ1v) is 11.3. The molecular formula is C21H26N4O5S. The highest BCUT2D eigenvalue weighted by Gasteiger charge is 2.28. The van der Waals surface area contributed by atoms with Crippen molar-refractivity contribution in [2.24, 2.45) is 5.73 Å². The predicted molar refractivity (Wildman–Crippen MR) is 116 cm³/mol. The smallest absolute Gasteiger partial charge is 0.312 e. The zero-order valence-electron chi connectivity index (χ0n) is 17.2. The first kappa shape index (κ1) is 22.7. The molecule has 2 aromatic rings. The number of primary amides is 1. The number of amides is 3. The molecule has 4 N–H and O–H groups in total. The van der Waals surface area contributed by atoms with E-state index in [2.05, 4.69) is 10.6 Å². The van der Waals surface area contributed by atoms with E-state index < -0.39 is 22.1 Å². The molecule has 0 aromatic heterocycles. The summed E-state index contributed by atoms with van der Waals surface area (Å²) in [6.45, 7) is 2.98. The summed E-state index contributed by atoms with van der Waals surface area (Å²) < 4.78 is 32.7. The van der Waals surface area contributed by atoms with E-state index in [-0.39, 0.29) is 30.3 Å². The van der Waals surface area contributed by atoms with E-state index in [1.165, 1.54) is 10.4 Å². The van der Waals surface area contributed by atoms with Gasteiger partial charge in [-0.2, -0.15) is 4.31 Å². The number of nitrogens with one attached hydrogen (secondary N) is 2. The van der Waals surface area contributed by atoms with E-state index >= 15 is 0 Å². The van der Waals surface area contributed by atoms with Crippen LogP contribution in [0.25, 0.3) is 0 Å². The van der Waals surface area contributed by atoms with Gasteiger partial charge in [0.15, 0.2) is 0 Å². The van der Waals surface area contributed by atoms with Crippen molar-refractivity contribution in [1.82, 2.24) is 9.62 Å². The summed E-state index contributed by atoms with van der Waals surface area (Å²) in [5.74, 6) is -0.388. The van der Waals surface area contributed by atoms with E-state index in [1.807, 2.05) is 6.07 Å². The second-order valence-corrected chi connectivity index (χ2v) is 9.13. The number of rotatable bonds is 7. The quantitative estimate of drug-likeness (QED) is 0.596. The van der Waals surface area contributed by atoms with Crippen molar-refractivity contribution in [2.45, 2.75) is 24.3 Å². The Kier molecular flexibility index (Phi) is 7.26. The molecule has 2 aromatic carbocycles. The molecule has 1 aliphatic heterocycles. The molecule has 0 spiro atoms. The van der Waals surface area contributed by atoms with Crippen LogP contribution in [0.15, 0.2) is 53.4 Å². The van der Waals surface area contributed by atoms with Crippen molar-refractivity contribution >= 4 is 27.6 Å². The Labute approximate surface area is 181 Å². The first-order chi connectivity index (χ1) is 14.8. The number of ether oxygens (including phenoxy) is 1. The maximum absolute atomic E-state index is 13.0. The second-order valence-electron chi connectivity index (χ2n) is 7.22. The lowest BCUT2D eigenvalue weighted by Gasteiger charge is -2.27. The molecule has 3 amide bonds. The number of carbonyl (C=O) groups excluding carboxylic acids is 2. The average molecular weight is 447 g/mol. The summed E-state index contributed by atoms with van der Waals surface area (Å²) in [6.07, 6.45) is -0.0631. The van der Waals surface area contributed by atoms with E-state index in [0.29, 0.717) is 24.5 Å². The summed E-state index contributed by atoms with van der Waals surface area (Å²) in [5.41, 5.74) is 6.92. The third kappa shape index (κ3) is 5.81. The molecule has 0 saturated carbocycles. The monoisotopic (exact) mass is 446 g/mol. The molecule has 1 atom stereocenters. The van der Waals surface area contributed by atoms with Crippen LogP contribution in [0, 0.1) is 6.92 Å². The van der Waals surface area contributed by atoms with Crippen molar-refractivity contribution in [2.75, 3.05) is 31.6 Å². The molecule has 0 aliphatic carbocycles. The maximum Gasteiger partial charge on any atom is 0.312 e. The first-order valence-electron chi connectivity index (χ1n) is 9.86. The van der Waals surface area contributed by atoms with Crippen LogP contribution in [0.2, 0.25) is 0 Å². The lowest BCUT2D eigenvalue weighted by atomic mass is 10.0. The Morgan fingerprint density at radius 3 is 2.45 bits per heavy atom. The van der Waals surface area contributed by atoms with Gasteiger partial charge in [-0.3, -0.25) is 4.79 Å². The van der Waals surface area contributed by atoms with Crippen LogP contribution in [0.3, 0.4) is 0 Å². The number of hydrogen-bond acceptors (Lipinski definition) is 5. The van der Waals surface area contributed by atoms with Crippen LogP contribution in [0.5, 0.6) is 0 Å². The number of hydrogen-bond donors (Lipinski definition) is 3. The summed E-state index contributed by atoms with van der Waals surface area (Å²) in [5, 5.41) is 5.28. The van der Waals surface area contributed by atoms with Gasteiger partial charge in [0.05, 0.1) is 30.6 Å². The molecule has 166 valence electrons. The summed E-state index contributed by atoms with van der Waals surface area (Å²) >= 11 is 0. The van der Waals surface area contributed by atoms with Crippen molar-refractivity contribution in [1.29, 1.82) is 0 Å². The number of benzene rings is 2. The van der Waals surface area contributed by atoms with Crippen LogP contribution >= 0.6 is 0 Å². The fourth-order valence-electron chi connectivity index (χ4n) is 3.39. The molecule has 1 saturated heterocycles. The third-order valence-electron chi connectivity index (χ3n) is 4.97. The molecule has 10 heteroatoms. The molecule has 9 nitrogen and oxygen atoms in total. The number of sulfonamides is 1. The normalized spacial score (nSPS) is 15.8. The van der Waals surface area contributed by atoms with E-state index in [9.17, 15) is 18.0 Å². The van der Waals surface area contributed by atoms with Gasteiger partial charge in [0.25, 0.3) is 0 Å². The largest absolute Gasteiger partial charge is 0.379 e. The molecule has 1 aliphatic rings. The zero-order valence-corrected chi connectivity index (χ0v) is 18.0. The number of nitrogens with zero attached hydrogens (tertiary/aromatic N) is 1. The number of morpholine rings is 1. The van der Waals surface area contributed by atoms with E-state index in [0.717, 1.165) is 5.56 Å². The highest BCUT2D eigenvalue weighted by atomic mass is 32.2. The van der Waals surface area contributed by atoms with Crippen molar-refractivity contribution in [3.63, 3.8) is 0 Å². The summed E-state index contributed by atoms with van der Waals surface area (Å²) in [7, 11) is -3.70. The van der Waals surface area contributed by atoms with Gasteiger partial charge in [0.2, 0.25) is 15.9 Å². The Hall–Kier alpha value is -2.95. The predicted octanol–water partition coefficient (Wildman–Crippen LogP) is 1.75. The minimum atomic E-state index is -3.70. The zero-order chi connectivity index (χ0) is 22.4. The molecule has 1 unspecified atom stereocenters. The highest BCUT2D eigenvalue weighted by molar-refractivity contribution is 7.89. The second kappa shape index (κ2) is 9.90. The molecule has 0 radical (unpaired) electrons. The van der Waals surface area contributed by atoms with Gasteiger partial charge in [0, 0.05) is 18.8 Å². The fourth-order valence-corrected chi connectivity index (χ4v) is 5.05. The Morgan fingerprint density at radius 2 is 1.81 bits per heavy atom. The van der Waals surface area contributed by atoms with Gasteiger partial charge in [-0.05, 0) is 30.2 Å². The third-order valence-corrected chi connectivity index (χ3v) is 7.01. The van der Waals surface area contributed by atoms with Crippen LogP contribution in [0.4, 0.5) is 10.5 Å². The molecule has 0 bridgehead atoms. The van der Waals surface area contributed by atoms with Gasteiger partial charge in [-0.15, -0.1) is 0 Å². The van der Waals surface area contributed by atoms with Crippen molar-refractivity contribution < 1.29 is 22.7 Å². The van der Waals surface area contributed by atoms with Gasteiger partial charge >= 0.3 is 6.03 Å². The SMILES string of the molecule is Cc1ccc(NC(=O)CC(NC(N)=O)c2ccccc2)cc1S(=O)(=O)N1CCOCC1. The Balaban J connectivity index is 1.76. The minimum Gasteiger partial charge on any atom is -0.379 e. The molecular weight excluding hydrogens is 420 g/mol. The van der Waals surface area contributed by atoms with Crippen molar-refractivity contribution in [3.8, 4) is 0 Å². The van der Waals surface area contributed by atoms with E-state index in [1.54, 1.807) is 43.3 Å². The number of aryl methyl sites for hydroxylation is 1. The summed E-state index contributed by atoms with van der Waals surface area (Å²) in [6, 6.07) is 12.4. The number of anilines is 1. The van der Waals surface area contributed by atoms with Gasteiger partial charge in [0.1, 0.15) is 0 Å². The Bertz CT molecular complexity index is 1040. The molecule has 3 rings (SSSR count). The lowest BCUT2D eigenvalue weighted by Crippen LogP contribution is -2.40. The fraction of sp³-hybridized carbons (Fsp3) is 0.333. The Morgan fingerprint density at radius 1 is 1.13 bits per heavy atom. The number of nitrogens with two attached hydrogens (primary N) is 1. The topological polar surface area (TPSA) is 131 Å². The van der Waals surface area contributed by atoms with Gasteiger partial charge in [-0.25, -0.2) is 13.2 Å². The molecule has 1 heterocycles. The average Bonchev–Trinajstić information content (AvgIpc) is 2.75. The van der Waals surface area contributed by atoms with Crippen LogP contribution in [-0.2, 0) is 19.6 Å². The van der Waals surface area contributed by atoms with Crippen LogP contribution < -0.4 is 16.4 Å². The van der Waals surface area contributed by atoms with E-state index in [4.69, 9.17) is 10.5 Å². The number of carbonyl (C=O) groups is 2. The van der Waals surface area contributed by atoms with Crippen LogP contribution in [0.1, 0.15) is 23.6 Å². The number of urea groups is 1. The lowest BCUT2D eigenvalue weighted by molar-refractivity contribution is -0.116.